The lowest BCUT2D eigenvalue weighted by Crippen LogP contribution is -2.57. The van der Waals surface area contributed by atoms with E-state index in [1.807, 2.05) is 0 Å². The molecule has 4 aliphatic rings. The molecule has 2 unspecified atom stereocenters. The first kappa shape index (κ1) is 21.1. The SMILES string of the molecule is C[C@H](CCC(=O)O)[C@H]1CC[C@H]2[C@@H]3C(=NO)CC4CC(O)CC[C@]4(C)[C@H]3CC[C@]12C. The molecule has 4 rings (SSSR count). The molecular formula is C24H39NO4. The van der Waals surface area contributed by atoms with Crippen LogP contribution in [-0.4, -0.2) is 33.2 Å². The van der Waals surface area contributed by atoms with Gasteiger partial charge in [-0.2, -0.15) is 0 Å². The van der Waals surface area contributed by atoms with Gasteiger partial charge in [0.05, 0.1) is 11.8 Å². The zero-order valence-electron chi connectivity index (χ0n) is 18.3. The number of carboxylic acid groups (broad SMARTS) is 1. The molecule has 0 bridgehead atoms. The molecule has 164 valence electrons. The summed E-state index contributed by atoms with van der Waals surface area (Å²) in [6.07, 6.45) is 9.18. The van der Waals surface area contributed by atoms with Crippen molar-refractivity contribution in [3.8, 4) is 0 Å². The van der Waals surface area contributed by atoms with Crippen LogP contribution in [0, 0.1) is 46.3 Å². The van der Waals surface area contributed by atoms with Crippen LogP contribution in [0.2, 0.25) is 0 Å². The lowest BCUT2D eigenvalue weighted by molar-refractivity contribution is -0.137. The average molecular weight is 406 g/mol. The highest BCUT2D eigenvalue weighted by atomic mass is 16.4. The summed E-state index contributed by atoms with van der Waals surface area (Å²) in [6, 6.07) is 0. The lowest BCUT2D eigenvalue weighted by Gasteiger charge is -2.61. The Hall–Kier alpha value is -1.10. The van der Waals surface area contributed by atoms with Gasteiger partial charge in [-0.25, -0.2) is 0 Å². The summed E-state index contributed by atoms with van der Waals surface area (Å²) in [5.41, 5.74) is 1.44. The summed E-state index contributed by atoms with van der Waals surface area (Å²) in [6.45, 7) is 7.13. The number of aliphatic hydroxyl groups is 1. The first-order valence-corrected chi connectivity index (χ1v) is 11.8. The Kier molecular flexibility index (Phi) is 5.50. The fourth-order valence-electron chi connectivity index (χ4n) is 8.57. The van der Waals surface area contributed by atoms with Crippen LogP contribution < -0.4 is 0 Å². The summed E-state index contributed by atoms with van der Waals surface area (Å²) in [4.78, 5) is 11.1. The van der Waals surface area contributed by atoms with Gasteiger partial charge in [0.15, 0.2) is 0 Å². The quantitative estimate of drug-likeness (QED) is 0.456. The Morgan fingerprint density at radius 1 is 1.14 bits per heavy atom. The third-order valence-electron chi connectivity index (χ3n) is 10.2. The smallest absolute Gasteiger partial charge is 0.303 e. The van der Waals surface area contributed by atoms with E-state index in [2.05, 4.69) is 25.9 Å². The van der Waals surface area contributed by atoms with Crippen molar-refractivity contribution in [1.82, 2.24) is 0 Å². The van der Waals surface area contributed by atoms with Crippen molar-refractivity contribution in [2.24, 2.45) is 51.5 Å². The highest BCUT2D eigenvalue weighted by Crippen LogP contribution is 2.67. The molecule has 0 aromatic heterocycles. The van der Waals surface area contributed by atoms with Crippen molar-refractivity contribution >= 4 is 11.7 Å². The van der Waals surface area contributed by atoms with Gasteiger partial charge in [-0.1, -0.05) is 25.9 Å². The molecule has 3 N–H and O–H groups in total. The molecule has 0 heterocycles. The maximum absolute atomic E-state index is 11.1. The molecule has 5 heteroatoms. The molecule has 5 nitrogen and oxygen atoms in total. The first-order chi connectivity index (χ1) is 13.7. The molecule has 4 saturated carbocycles. The van der Waals surface area contributed by atoms with E-state index >= 15 is 0 Å². The second-order valence-corrected chi connectivity index (χ2v) is 11.3. The van der Waals surface area contributed by atoms with Gasteiger partial charge in [-0.05, 0) is 98.2 Å². The summed E-state index contributed by atoms with van der Waals surface area (Å²) in [5, 5.41) is 33.2. The molecule has 0 spiro atoms. The van der Waals surface area contributed by atoms with Gasteiger partial charge < -0.3 is 15.4 Å². The standard InChI is InChI=1S/C24H39NO4/c1-14(4-7-21(27)28)17-5-6-18-22-19(9-11-24(17,18)3)23(2)10-8-16(26)12-15(23)13-20(22)25-29/h14-19,22,26,29H,4-13H2,1-3H3,(H,27,28)/t14-,15?,16?,17-,18+,19+,22+,23+,24-/m1/s1. The lowest BCUT2D eigenvalue weighted by atomic mass is 9.44. The number of carboxylic acids is 1. The maximum Gasteiger partial charge on any atom is 0.303 e. The molecule has 4 aliphatic carbocycles. The zero-order chi connectivity index (χ0) is 21.0. The molecule has 9 atom stereocenters. The normalized spacial score (nSPS) is 49.2. The van der Waals surface area contributed by atoms with Gasteiger partial charge in [0, 0.05) is 12.3 Å². The fraction of sp³-hybridized carbons (Fsp3) is 0.917. The minimum Gasteiger partial charge on any atom is -0.481 e. The van der Waals surface area contributed by atoms with Gasteiger partial charge in [-0.3, -0.25) is 4.79 Å². The number of fused-ring (bicyclic) bond motifs is 5. The number of oxime groups is 1. The minimum atomic E-state index is -0.694. The van der Waals surface area contributed by atoms with E-state index in [9.17, 15) is 15.1 Å². The van der Waals surface area contributed by atoms with Crippen molar-refractivity contribution in [2.75, 3.05) is 0 Å². The van der Waals surface area contributed by atoms with Crippen LogP contribution in [0.5, 0.6) is 0 Å². The Labute approximate surface area is 175 Å². The number of carbonyl (C=O) groups is 1. The number of aliphatic carboxylic acids is 1. The van der Waals surface area contributed by atoms with Crippen molar-refractivity contribution in [3.05, 3.63) is 0 Å². The Bertz CT molecular complexity index is 678. The predicted octanol–water partition coefficient (Wildman–Crippen LogP) is 4.95. The van der Waals surface area contributed by atoms with Gasteiger partial charge in [-0.15, -0.1) is 0 Å². The monoisotopic (exact) mass is 405 g/mol. The van der Waals surface area contributed by atoms with E-state index in [0.717, 1.165) is 37.8 Å². The van der Waals surface area contributed by atoms with Crippen LogP contribution >= 0.6 is 0 Å². The van der Waals surface area contributed by atoms with Crippen LogP contribution in [0.15, 0.2) is 5.16 Å². The van der Waals surface area contributed by atoms with E-state index in [4.69, 9.17) is 5.11 Å². The van der Waals surface area contributed by atoms with Crippen LogP contribution in [0.3, 0.4) is 0 Å². The Morgan fingerprint density at radius 2 is 1.83 bits per heavy atom. The van der Waals surface area contributed by atoms with Gasteiger partial charge in [0.2, 0.25) is 0 Å². The summed E-state index contributed by atoms with van der Waals surface area (Å²) in [7, 11) is 0. The highest BCUT2D eigenvalue weighted by molar-refractivity contribution is 5.88. The van der Waals surface area contributed by atoms with Crippen LogP contribution in [0.4, 0.5) is 0 Å². The number of nitrogens with zero attached hydrogens (tertiary/aromatic N) is 1. The van der Waals surface area contributed by atoms with Crippen molar-refractivity contribution in [1.29, 1.82) is 0 Å². The van der Waals surface area contributed by atoms with E-state index < -0.39 is 5.97 Å². The molecule has 0 saturated heterocycles. The van der Waals surface area contributed by atoms with E-state index in [1.165, 1.54) is 25.7 Å². The first-order valence-electron chi connectivity index (χ1n) is 11.8. The van der Waals surface area contributed by atoms with Crippen molar-refractivity contribution in [2.45, 2.75) is 91.1 Å². The number of rotatable bonds is 4. The van der Waals surface area contributed by atoms with Crippen LogP contribution in [0.25, 0.3) is 0 Å². The van der Waals surface area contributed by atoms with Gasteiger partial charge >= 0.3 is 5.97 Å². The summed E-state index contributed by atoms with van der Waals surface area (Å²) in [5.74, 6) is 2.15. The molecule has 0 amide bonds. The van der Waals surface area contributed by atoms with Gasteiger partial charge in [0.1, 0.15) is 0 Å². The molecule has 0 aromatic carbocycles. The minimum absolute atomic E-state index is 0.204. The fourth-order valence-corrected chi connectivity index (χ4v) is 8.57. The van der Waals surface area contributed by atoms with Crippen molar-refractivity contribution < 1.29 is 20.2 Å². The molecule has 0 aliphatic heterocycles. The van der Waals surface area contributed by atoms with Crippen LogP contribution in [-0.2, 0) is 4.79 Å². The molecule has 0 radical (unpaired) electrons. The molecule has 0 aromatic rings. The molecular weight excluding hydrogens is 366 g/mol. The topological polar surface area (TPSA) is 90.1 Å². The number of hydrogen-bond acceptors (Lipinski definition) is 4. The molecule has 4 fully saturated rings. The maximum atomic E-state index is 11.1. The van der Waals surface area contributed by atoms with E-state index in [0.29, 0.717) is 35.5 Å². The zero-order valence-corrected chi connectivity index (χ0v) is 18.3. The number of hydrogen-bond donors (Lipinski definition) is 3. The van der Waals surface area contributed by atoms with E-state index in [-0.39, 0.29) is 23.4 Å². The Balaban J connectivity index is 1.60. The van der Waals surface area contributed by atoms with Crippen LogP contribution in [0.1, 0.15) is 85.0 Å². The average Bonchev–Trinajstić information content (AvgIpc) is 3.03. The predicted molar refractivity (Wildman–Crippen MR) is 112 cm³/mol. The van der Waals surface area contributed by atoms with Gasteiger partial charge in [0.25, 0.3) is 0 Å². The van der Waals surface area contributed by atoms with E-state index in [1.54, 1.807) is 0 Å². The summed E-state index contributed by atoms with van der Waals surface area (Å²) >= 11 is 0. The highest BCUT2D eigenvalue weighted by Gasteiger charge is 2.62. The second-order valence-electron chi connectivity index (χ2n) is 11.3. The Morgan fingerprint density at radius 3 is 2.52 bits per heavy atom. The van der Waals surface area contributed by atoms with Crippen molar-refractivity contribution in [3.63, 3.8) is 0 Å². The second kappa shape index (κ2) is 7.55. The third-order valence-corrected chi connectivity index (χ3v) is 10.2. The number of aliphatic hydroxyl groups excluding tert-OH is 1. The largest absolute Gasteiger partial charge is 0.481 e. The third kappa shape index (κ3) is 3.32. The summed E-state index contributed by atoms with van der Waals surface area (Å²) < 4.78 is 0. The molecule has 29 heavy (non-hydrogen) atoms.